The summed E-state index contributed by atoms with van der Waals surface area (Å²) in [5.74, 6) is 1.16. The third-order valence-corrected chi connectivity index (χ3v) is 3.70. The van der Waals surface area contributed by atoms with Crippen LogP contribution in [0.25, 0.3) is 10.9 Å². The van der Waals surface area contributed by atoms with Crippen LogP contribution >= 0.6 is 23.2 Å². The zero-order valence-corrected chi connectivity index (χ0v) is 12.7. The third-order valence-electron chi connectivity index (χ3n) is 3.18. The number of benzene rings is 2. The van der Waals surface area contributed by atoms with Gasteiger partial charge < -0.3 is 4.74 Å². The molecule has 21 heavy (non-hydrogen) atoms. The van der Waals surface area contributed by atoms with Crippen LogP contribution in [0.2, 0.25) is 5.02 Å². The molecule has 0 atom stereocenters. The Bertz CT molecular complexity index is 756. The van der Waals surface area contributed by atoms with Crippen LogP contribution in [0.1, 0.15) is 11.3 Å². The van der Waals surface area contributed by atoms with E-state index in [1.165, 1.54) is 0 Å². The number of hydrogen-bond acceptors (Lipinski definition) is 2. The molecule has 2 nitrogen and oxygen atoms in total. The first-order valence-electron chi connectivity index (χ1n) is 6.58. The van der Waals surface area contributed by atoms with Gasteiger partial charge in [-0.25, -0.2) is 0 Å². The maximum absolute atomic E-state index is 5.95. The first kappa shape index (κ1) is 14.2. The molecule has 0 unspecified atom stereocenters. The molecule has 106 valence electrons. The van der Waals surface area contributed by atoms with Crippen molar-refractivity contribution in [3.05, 3.63) is 70.9 Å². The van der Waals surface area contributed by atoms with E-state index in [2.05, 4.69) is 4.98 Å². The van der Waals surface area contributed by atoms with Crippen molar-refractivity contribution >= 4 is 34.1 Å². The third kappa shape index (κ3) is 3.29. The predicted molar refractivity (Wildman–Crippen MR) is 87.1 cm³/mol. The molecule has 2 aromatic carbocycles. The van der Waals surface area contributed by atoms with Gasteiger partial charge in [-0.05, 0) is 29.8 Å². The van der Waals surface area contributed by atoms with E-state index in [1.807, 2.05) is 54.6 Å². The van der Waals surface area contributed by atoms with Crippen molar-refractivity contribution in [3.63, 3.8) is 0 Å². The monoisotopic (exact) mass is 317 g/mol. The van der Waals surface area contributed by atoms with Gasteiger partial charge in [-0.1, -0.05) is 35.9 Å². The minimum Gasteiger partial charge on any atom is -0.488 e. The number of aromatic nitrogens is 1. The van der Waals surface area contributed by atoms with Gasteiger partial charge in [0.2, 0.25) is 0 Å². The molecule has 0 aliphatic carbocycles. The van der Waals surface area contributed by atoms with Crippen molar-refractivity contribution in [2.45, 2.75) is 12.5 Å². The summed E-state index contributed by atoms with van der Waals surface area (Å²) in [5.41, 5.74) is 2.76. The Morgan fingerprint density at radius 2 is 1.76 bits per heavy atom. The molecule has 0 spiro atoms. The minimum atomic E-state index is 0.363. The van der Waals surface area contributed by atoms with Gasteiger partial charge in [0.15, 0.2) is 0 Å². The first-order chi connectivity index (χ1) is 10.3. The van der Waals surface area contributed by atoms with Crippen LogP contribution in [0.5, 0.6) is 5.75 Å². The van der Waals surface area contributed by atoms with E-state index >= 15 is 0 Å². The maximum atomic E-state index is 5.95. The summed E-state index contributed by atoms with van der Waals surface area (Å²) in [6.07, 6.45) is 0. The Hall–Kier alpha value is -1.77. The first-order valence-corrected chi connectivity index (χ1v) is 7.49. The lowest BCUT2D eigenvalue weighted by Gasteiger charge is -2.11. The van der Waals surface area contributed by atoms with Crippen LogP contribution in [-0.2, 0) is 12.5 Å². The second-order valence-corrected chi connectivity index (χ2v) is 5.38. The summed E-state index contributed by atoms with van der Waals surface area (Å²) < 4.78 is 5.95. The van der Waals surface area contributed by atoms with Crippen molar-refractivity contribution < 1.29 is 4.74 Å². The Labute approximate surface area is 133 Å². The van der Waals surface area contributed by atoms with E-state index in [0.717, 1.165) is 32.9 Å². The molecule has 3 rings (SSSR count). The van der Waals surface area contributed by atoms with Crippen LogP contribution < -0.4 is 4.74 Å². The SMILES string of the molecule is ClCc1cc(OCc2ccc(Cl)cc2)c2ccccc2n1. The molecule has 4 heteroatoms. The molecular formula is C17H13Cl2NO. The number of halogens is 2. The number of pyridine rings is 1. The van der Waals surface area contributed by atoms with E-state index in [9.17, 15) is 0 Å². The second-order valence-electron chi connectivity index (χ2n) is 4.68. The van der Waals surface area contributed by atoms with Crippen molar-refractivity contribution in [2.75, 3.05) is 0 Å². The summed E-state index contributed by atoms with van der Waals surface area (Å²) in [5, 5.41) is 1.71. The van der Waals surface area contributed by atoms with Gasteiger partial charge in [-0.2, -0.15) is 0 Å². The lowest BCUT2D eigenvalue weighted by molar-refractivity contribution is 0.309. The van der Waals surface area contributed by atoms with Crippen molar-refractivity contribution in [2.24, 2.45) is 0 Å². The fourth-order valence-corrected chi connectivity index (χ4v) is 2.39. The Morgan fingerprint density at radius 1 is 1.00 bits per heavy atom. The Kier molecular flexibility index (Phi) is 4.28. The molecule has 0 bridgehead atoms. The van der Waals surface area contributed by atoms with E-state index in [4.69, 9.17) is 27.9 Å². The van der Waals surface area contributed by atoms with Gasteiger partial charge in [-0.3, -0.25) is 4.98 Å². The standard InChI is InChI=1S/C17H13Cl2NO/c18-10-14-9-17(15-3-1-2-4-16(15)20-14)21-11-12-5-7-13(19)8-6-12/h1-9H,10-11H2. The smallest absolute Gasteiger partial charge is 0.131 e. The van der Waals surface area contributed by atoms with Gasteiger partial charge in [0, 0.05) is 16.5 Å². The lowest BCUT2D eigenvalue weighted by atomic mass is 10.2. The fraction of sp³-hybridized carbons (Fsp3) is 0.118. The fourth-order valence-electron chi connectivity index (χ4n) is 2.13. The highest BCUT2D eigenvalue weighted by molar-refractivity contribution is 6.30. The highest BCUT2D eigenvalue weighted by Crippen LogP contribution is 2.27. The topological polar surface area (TPSA) is 22.1 Å². The van der Waals surface area contributed by atoms with Crippen molar-refractivity contribution in [3.8, 4) is 5.75 Å². The molecule has 3 aromatic rings. The maximum Gasteiger partial charge on any atom is 0.131 e. The van der Waals surface area contributed by atoms with Crippen molar-refractivity contribution in [1.82, 2.24) is 4.98 Å². The van der Waals surface area contributed by atoms with Crippen LogP contribution in [0.3, 0.4) is 0 Å². The normalized spacial score (nSPS) is 10.8. The highest BCUT2D eigenvalue weighted by atomic mass is 35.5. The molecular weight excluding hydrogens is 305 g/mol. The van der Waals surface area contributed by atoms with Crippen LogP contribution in [0.15, 0.2) is 54.6 Å². The summed E-state index contributed by atoms with van der Waals surface area (Å²) in [4.78, 5) is 4.49. The zero-order chi connectivity index (χ0) is 14.7. The minimum absolute atomic E-state index is 0.363. The van der Waals surface area contributed by atoms with E-state index in [-0.39, 0.29) is 0 Å². The van der Waals surface area contributed by atoms with Gasteiger partial charge in [0.05, 0.1) is 17.1 Å². The number of alkyl halides is 1. The van der Waals surface area contributed by atoms with E-state index in [1.54, 1.807) is 0 Å². The molecule has 0 N–H and O–H groups in total. The number of hydrogen-bond donors (Lipinski definition) is 0. The number of ether oxygens (including phenoxy) is 1. The average molecular weight is 318 g/mol. The number of para-hydroxylation sites is 1. The molecule has 0 saturated carbocycles. The predicted octanol–water partition coefficient (Wildman–Crippen LogP) is 5.21. The second kappa shape index (κ2) is 6.33. The Balaban J connectivity index is 1.90. The number of nitrogens with zero attached hydrogens (tertiary/aromatic N) is 1. The molecule has 0 saturated heterocycles. The van der Waals surface area contributed by atoms with E-state index < -0.39 is 0 Å². The summed E-state index contributed by atoms with van der Waals surface area (Å²) >= 11 is 11.8. The van der Waals surface area contributed by atoms with Crippen LogP contribution in [0.4, 0.5) is 0 Å². The quantitative estimate of drug-likeness (QED) is 0.616. The lowest BCUT2D eigenvalue weighted by Crippen LogP contribution is -1.98. The number of fused-ring (bicyclic) bond motifs is 1. The molecule has 0 fully saturated rings. The van der Waals surface area contributed by atoms with Crippen LogP contribution in [-0.4, -0.2) is 4.98 Å². The van der Waals surface area contributed by atoms with Gasteiger partial charge in [0.25, 0.3) is 0 Å². The largest absolute Gasteiger partial charge is 0.488 e. The van der Waals surface area contributed by atoms with Crippen molar-refractivity contribution in [1.29, 1.82) is 0 Å². The molecule has 0 aliphatic rings. The summed E-state index contributed by atoms with van der Waals surface area (Å²) in [6.45, 7) is 0.479. The number of rotatable bonds is 4. The van der Waals surface area contributed by atoms with Crippen LogP contribution in [0, 0.1) is 0 Å². The summed E-state index contributed by atoms with van der Waals surface area (Å²) in [7, 11) is 0. The Morgan fingerprint density at radius 3 is 2.52 bits per heavy atom. The molecule has 0 aliphatic heterocycles. The highest BCUT2D eigenvalue weighted by Gasteiger charge is 2.06. The molecule has 0 radical (unpaired) electrons. The summed E-state index contributed by atoms with van der Waals surface area (Å²) in [6, 6.07) is 17.4. The van der Waals surface area contributed by atoms with Gasteiger partial charge in [-0.15, -0.1) is 11.6 Å². The molecule has 1 heterocycles. The average Bonchev–Trinajstić information content (AvgIpc) is 2.53. The van der Waals surface area contributed by atoms with E-state index in [0.29, 0.717) is 12.5 Å². The zero-order valence-electron chi connectivity index (χ0n) is 11.2. The van der Waals surface area contributed by atoms with Gasteiger partial charge in [0.1, 0.15) is 12.4 Å². The molecule has 1 aromatic heterocycles. The van der Waals surface area contributed by atoms with Gasteiger partial charge >= 0.3 is 0 Å². The molecule has 0 amide bonds.